The number of carbonyl (C=O) groups is 1. The molecule has 0 aliphatic rings. The van der Waals surface area contributed by atoms with E-state index in [0.29, 0.717) is 5.56 Å². The molecule has 0 fully saturated rings. The van der Waals surface area contributed by atoms with Crippen LogP contribution in [0.15, 0.2) is 30.3 Å². The number of rotatable bonds is 5. The van der Waals surface area contributed by atoms with Gasteiger partial charge >= 0.3 is 6.18 Å². The molecule has 4 nitrogen and oxygen atoms in total. The summed E-state index contributed by atoms with van der Waals surface area (Å²) in [4.78, 5) is 15.7. The molecular weight excluding hydrogens is 249 g/mol. The lowest BCUT2D eigenvalue weighted by molar-refractivity contribution is -0.192. The lowest BCUT2D eigenvalue weighted by Gasteiger charge is -2.15. The Labute approximate surface area is 102 Å². The summed E-state index contributed by atoms with van der Waals surface area (Å²) in [5.74, 6) is -1.44. The van der Waals surface area contributed by atoms with Gasteiger partial charge in [0, 0.05) is 6.54 Å². The van der Waals surface area contributed by atoms with E-state index in [0.717, 1.165) is 0 Å². The molecule has 100 valence electrons. The quantitative estimate of drug-likeness (QED) is 0.787. The molecule has 0 aliphatic heterocycles. The van der Waals surface area contributed by atoms with E-state index in [1.54, 1.807) is 35.8 Å². The molecule has 3 N–H and O–H groups in total. The highest BCUT2D eigenvalue weighted by Gasteiger charge is 2.29. The number of amides is 1. The summed E-state index contributed by atoms with van der Waals surface area (Å²) >= 11 is 0. The minimum absolute atomic E-state index is 0.0226. The Bertz CT molecular complexity index is 382. The molecular formula is C11H13F3N2O2. The molecule has 0 aliphatic carbocycles. The first-order valence-electron chi connectivity index (χ1n) is 5.17. The Morgan fingerprint density at radius 1 is 1.33 bits per heavy atom. The maximum atomic E-state index is 11.8. The highest BCUT2D eigenvalue weighted by Crippen LogP contribution is 2.16. The molecule has 0 heterocycles. The minimum Gasteiger partial charge on any atom is -0.329 e. The fourth-order valence-corrected chi connectivity index (χ4v) is 1.34. The van der Waals surface area contributed by atoms with Crippen LogP contribution in [-0.2, 0) is 9.63 Å². The predicted octanol–water partition coefficient (Wildman–Crippen LogP) is 1.34. The molecule has 0 saturated carbocycles. The van der Waals surface area contributed by atoms with Crippen molar-refractivity contribution in [1.82, 2.24) is 5.48 Å². The van der Waals surface area contributed by atoms with Gasteiger partial charge in [0.1, 0.15) is 0 Å². The van der Waals surface area contributed by atoms with Gasteiger partial charge in [-0.15, -0.1) is 0 Å². The number of hydrogen-bond acceptors (Lipinski definition) is 3. The molecule has 18 heavy (non-hydrogen) atoms. The summed E-state index contributed by atoms with van der Waals surface area (Å²) < 4.78 is 35.4. The predicted molar refractivity (Wildman–Crippen MR) is 58.4 cm³/mol. The van der Waals surface area contributed by atoms with E-state index in [1.807, 2.05) is 0 Å². The SMILES string of the molecule is NCC(C(=O)NOCC(F)(F)F)c1ccccc1. The van der Waals surface area contributed by atoms with E-state index < -0.39 is 24.6 Å². The molecule has 1 atom stereocenters. The van der Waals surface area contributed by atoms with Crippen LogP contribution in [0.5, 0.6) is 0 Å². The van der Waals surface area contributed by atoms with Crippen molar-refractivity contribution in [2.75, 3.05) is 13.2 Å². The van der Waals surface area contributed by atoms with Crippen molar-refractivity contribution in [1.29, 1.82) is 0 Å². The maximum Gasteiger partial charge on any atom is 0.414 e. The molecule has 1 aromatic carbocycles. The average Bonchev–Trinajstić information content (AvgIpc) is 2.29. The van der Waals surface area contributed by atoms with Crippen LogP contribution in [0.4, 0.5) is 13.2 Å². The van der Waals surface area contributed by atoms with Crippen LogP contribution < -0.4 is 11.2 Å². The van der Waals surface area contributed by atoms with Gasteiger partial charge in [-0.3, -0.25) is 9.63 Å². The van der Waals surface area contributed by atoms with Crippen molar-refractivity contribution < 1.29 is 22.8 Å². The number of nitrogens with one attached hydrogen (secondary N) is 1. The van der Waals surface area contributed by atoms with Crippen LogP contribution in [0.25, 0.3) is 0 Å². The fourth-order valence-electron chi connectivity index (χ4n) is 1.34. The number of benzene rings is 1. The van der Waals surface area contributed by atoms with Crippen molar-refractivity contribution in [2.24, 2.45) is 5.73 Å². The molecule has 0 spiro atoms. The van der Waals surface area contributed by atoms with Gasteiger partial charge < -0.3 is 5.73 Å². The number of alkyl halides is 3. The lowest BCUT2D eigenvalue weighted by atomic mass is 9.99. The first-order chi connectivity index (χ1) is 8.44. The smallest absolute Gasteiger partial charge is 0.329 e. The van der Waals surface area contributed by atoms with Gasteiger partial charge in [-0.1, -0.05) is 30.3 Å². The highest BCUT2D eigenvalue weighted by molar-refractivity contribution is 5.82. The van der Waals surface area contributed by atoms with Crippen molar-refractivity contribution in [3.05, 3.63) is 35.9 Å². The van der Waals surface area contributed by atoms with Crippen LogP contribution in [0, 0.1) is 0 Å². The number of hydroxylamine groups is 1. The molecule has 7 heteroatoms. The number of halogens is 3. The summed E-state index contributed by atoms with van der Waals surface area (Å²) in [6, 6.07) is 8.51. The summed E-state index contributed by atoms with van der Waals surface area (Å²) in [6.45, 7) is -1.56. The molecule has 0 aromatic heterocycles. The number of hydrogen-bond donors (Lipinski definition) is 2. The summed E-state index contributed by atoms with van der Waals surface area (Å²) in [5, 5.41) is 0. The van der Waals surface area contributed by atoms with Crippen LogP contribution in [0.1, 0.15) is 11.5 Å². The molecule has 0 bridgehead atoms. The van der Waals surface area contributed by atoms with Crippen molar-refractivity contribution >= 4 is 5.91 Å². The molecule has 0 radical (unpaired) electrons. The normalized spacial score (nSPS) is 13.1. The standard InChI is InChI=1S/C11H13F3N2O2/c12-11(13,14)7-18-16-10(17)9(6-15)8-4-2-1-3-5-8/h1-5,9H,6-7,15H2,(H,16,17). The van der Waals surface area contributed by atoms with E-state index in [-0.39, 0.29) is 6.54 Å². The van der Waals surface area contributed by atoms with Crippen molar-refractivity contribution in [2.45, 2.75) is 12.1 Å². The van der Waals surface area contributed by atoms with Gasteiger partial charge in [0.15, 0.2) is 6.61 Å². The van der Waals surface area contributed by atoms with Gasteiger partial charge in [-0.05, 0) is 5.56 Å². The van der Waals surface area contributed by atoms with E-state index in [1.165, 1.54) is 0 Å². The Morgan fingerprint density at radius 2 is 1.94 bits per heavy atom. The van der Waals surface area contributed by atoms with Gasteiger partial charge in [0.05, 0.1) is 5.92 Å². The van der Waals surface area contributed by atoms with E-state index in [9.17, 15) is 18.0 Å². The topological polar surface area (TPSA) is 64.4 Å². The van der Waals surface area contributed by atoms with Crippen molar-refractivity contribution in [3.63, 3.8) is 0 Å². The van der Waals surface area contributed by atoms with Gasteiger partial charge in [-0.2, -0.15) is 13.2 Å². The molecule has 1 amide bonds. The first-order valence-corrected chi connectivity index (χ1v) is 5.17. The van der Waals surface area contributed by atoms with Gasteiger partial charge in [0.2, 0.25) is 0 Å². The molecule has 1 aromatic rings. The van der Waals surface area contributed by atoms with Crippen molar-refractivity contribution in [3.8, 4) is 0 Å². The van der Waals surface area contributed by atoms with Gasteiger partial charge in [-0.25, -0.2) is 5.48 Å². The fraction of sp³-hybridized carbons (Fsp3) is 0.364. The Balaban J connectivity index is 2.54. The van der Waals surface area contributed by atoms with E-state index >= 15 is 0 Å². The van der Waals surface area contributed by atoms with Crippen LogP contribution in [0.2, 0.25) is 0 Å². The molecule has 1 unspecified atom stereocenters. The Hall–Kier alpha value is -1.60. The number of carbonyl (C=O) groups excluding carboxylic acids is 1. The zero-order valence-corrected chi connectivity index (χ0v) is 9.41. The first kappa shape index (κ1) is 14.5. The third-order valence-electron chi connectivity index (χ3n) is 2.16. The van der Waals surface area contributed by atoms with Crippen LogP contribution in [0.3, 0.4) is 0 Å². The largest absolute Gasteiger partial charge is 0.414 e. The van der Waals surface area contributed by atoms with Crippen LogP contribution >= 0.6 is 0 Å². The Morgan fingerprint density at radius 3 is 2.44 bits per heavy atom. The second-order valence-electron chi connectivity index (χ2n) is 3.57. The van der Waals surface area contributed by atoms with E-state index in [2.05, 4.69) is 4.84 Å². The summed E-state index contributed by atoms with van der Waals surface area (Å²) in [6.07, 6.45) is -4.49. The van der Waals surface area contributed by atoms with Crippen LogP contribution in [-0.4, -0.2) is 25.2 Å². The summed E-state index contributed by atoms with van der Waals surface area (Å²) in [5.41, 5.74) is 7.79. The van der Waals surface area contributed by atoms with E-state index in [4.69, 9.17) is 5.73 Å². The third kappa shape index (κ3) is 4.72. The van der Waals surface area contributed by atoms with Gasteiger partial charge in [0.25, 0.3) is 5.91 Å². The summed E-state index contributed by atoms with van der Waals surface area (Å²) in [7, 11) is 0. The second kappa shape index (κ2) is 6.36. The minimum atomic E-state index is -4.49. The highest BCUT2D eigenvalue weighted by atomic mass is 19.4. The zero-order valence-electron chi connectivity index (χ0n) is 9.41. The second-order valence-corrected chi connectivity index (χ2v) is 3.57. The molecule has 1 rings (SSSR count). The number of nitrogens with two attached hydrogens (primary N) is 1. The lowest BCUT2D eigenvalue weighted by Crippen LogP contribution is -2.35. The zero-order chi connectivity index (χ0) is 13.6. The third-order valence-corrected chi connectivity index (χ3v) is 2.16. The molecule has 0 saturated heterocycles. The average molecular weight is 262 g/mol. The monoisotopic (exact) mass is 262 g/mol. The Kier molecular flexibility index (Phi) is 5.11. The maximum absolute atomic E-state index is 11.8.